The zero-order valence-electron chi connectivity index (χ0n) is 33.0. The lowest BCUT2D eigenvalue weighted by atomic mass is 10.1. The number of rotatable bonds is 36. The van der Waals surface area contributed by atoms with Crippen LogP contribution >= 0.6 is 7.82 Å². The largest absolute Gasteiger partial charge is 0.472 e. The Labute approximate surface area is 322 Å². The van der Waals surface area contributed by atoms with E-state index in [0.717, 1.165) is 51.4 Å². The van der Waals surface area contributed by atoms with E-state index in [9.17, 15) is 19.0 Å². The number of hydrogen-bond acceptors (Lipinski definition) is 8. The molecule has 0 aromatic heterocycles. The van der Waals surface area contributed by atoms with Crippen LogP contribution in [0.3, 0.4) is 0 Å². The Hall–Kier alpha value is -2.81. The lowest BCUT2D eigenvalue weighted by molar-refractivity contribution is -0.161. The maximum absolute atomic E-state index is 12.5. The Bertz CT molecular complexity index is 1140. The van der Waals surface area contributed by atoms with Crippen LogP contribution in [0.4, 0.5) is 0 Å². The van der Waals surface area contributed by atoms with E-state index in [4.69, 9.17) is 24.3 Å². The monoisotopic (exact) mass is 761 g/mol. The molecule has 0 rings (SSSR count). The molecular formula is C43H72NO8P. The highest BCUT2D eigenvalue weighted by atomic mass is 31.2. The Morgan fingerprint density at radius 3 is 1.43 bits per heavy atom. The first-order chi connectivity index (χ1) is 25.8. The average molecular weight is 762 g/mol. The van der Waals surface area contributed by atoms with Crippen LogP contribution in [0.1, 0.15) is 142 Å². The maximum Gasteiger partial charge on any atom is 0.472 e. The number of unbranched alkanes of at least 4 members (excludes halogenated alkanes) is 9. The normalized spacial score (nSPS) is 14.3. The highest BCUT2D eigenvalue weighted by Crippen LogP contribution is 2.43. The van der Waals surface area contributed by atoms with Gasteiger partial charge < -0.3 is 20.1 Å². The molecule has 0 saturated carbocycles. The molecule has 1 unspecified atom stereocenters. The standard InChI is InChI=1S/C43H72NO8P/c1-3-5-7-9-11-13-15-17-19-20-22-24-26-28-30-32-34-36-43(46)52-41(40-51-53(47,48)50-38-37-44)39-49-42(45)35-33-31-29-27-25-23-21-18-16-14-12-10-8-6-4-2/h11-14,17-19,21-22,24-25,27-28,30,41H,3-10,15-16,20,23,26,29,31-40,44H2,1-2H3,(H,47,48)/b13-11-,14-12-,19-17-,21-18-,24-22-,27-25-,30-28-/t41-/m1/s1. The number of hydrogen-bond donors (Lipinski definition) is 2. The third-order valence-corrected chi connectivity index (χ3v) is 8.74. The first-order valence-corrected chi connectivity index (χ1v) is 21.6. The van der Waals surface area contributed by atoms with Crippen molar-refractivity contribution >= 4 is 19.8 Å². The minimum atomic E-state index is -4.40. The molecule has 0 aromatic rings. The summed E-state index contributed by atoms with van der Waals surface area (Å²) < 4.78 is 32.6. The molecule has 302 valence electrons. The SMILES string of the molecule is CCCCC/C=C\C/C=C\C/C=C\C/C=C\CCCC(=O)O[C@H](COC(=O)CCCC/C=C\C/C=C\C/C=C\CCCCC)COP(=O)(O)OCCN. The van der Waals surface area contributed by atoms with Crippen molar-refractivity contribution in [1.82, 2.24) is 0 Å². The van der Waals surface area contributed by atoms with Gasteiger partial charge in [0.25, 0.3) is 0 Å². The van der Waals surface area contributed by atoms with Gasteiger partial charge in [0.2, 0.25) is 0 Å². The smallest absolute Gasteiger partial charge is 0.462 e. The Balaban J connectivity index is 4.39. The molecule has 10 heteroatoms. The highest BCUT2D eigenvalue weighted by Gasteiger charge is 2.25. The first-order valence-electron chi connectivity index (χ1n) is 20.1. The maximum atomic E-state index is 12.5. The number of carbonyl (C=O) groups is 2. The minimum absolute atomic E-state index is 0.0351. The van der Waals surface area contributed by atoms with Crippen LogP contribution in [0, 0.1) is 0 Å². The molecule has 0 heterocycles. The summed E-state index contributed by atoms with van der Waals surface area (Å²) in [6.45, 7) is 3.53. The zero-order chi connectivity index (χ0) is 38.9. The summed E-state index contributed by atoms with van der Waals surface area (Å²) in [4.78, 5) is 34.7. The topological polar surface area (TPSA) is 134 Å². The van der Waals surface area contributed by atoms with Crippen LogP contribution in [-0.2, 0) is 32.7 Å². The molecule has 0 aliphatic heterocycles. The van der Waals surface area contributed by atoms with Crippen molar-refractivity contribution in [1.29, 1.82) is 0 Å². The second-order valence-electron chi connectivity index (χ2n) is 12.8. The van der Waals surface area contributed by atoms with E-state index in [2.05, 4.69) is 92.8 Å². The molecule has 0 aliphatic carbocycles. The summed E-state index contributed by atoms with van der Waals surface area (Å²) in [5.74, 6) is -0.950. The molecule has 3 N–H and O–H groups in total. The summed E-state index contributed by atoms with van der Waals surface area (Å²) in [6.07, 6.45) is 47.6. The molecule has 0 radical (unpaired) electrons. The van der Waals surface area contributed by atoms with Gasteiger partial charge in [-0.2, -0.15) is 0 Å². The molecule has 2 atom stereocenters. The molecule has 0 aliphatic rings. The van der Waals surface area contributed by atoms with Crippen LogP contribution in [0.5, 0.6) is 0 Å². The molecular weight excluding hydrogens is 689 g/mol. The van der Waals surface area contributed by atoms with Gasteiger partial charge in [0.05, 0.1) is 13.2 Å². The van der Waals surface area contributed by atoms with Crippen molar-refractivity contribution in [2.24, 2.45) is 5.73 Å². The number of phosphoric acid groups is 1. The van der Waals surface area contributed by atoms with Crippen molar-refractivity contribution in [3.8, 4) is 0 Å². The summed E-state index contributed by atoms with van der Waals surface area (Å²) in [7, 11) is -4.40. The number of allylic oxidation sites excluding steroid dienone is 14. The van der Waals surface area contributed by atoms with Gasteiger partial charge in [-0.3, -0.25) is 18.6 Å². The number of esters is 2. The van der Waals surface area contributed by atoms with E-state index in [-0.39, 0.29) is 32.6 Å². The Morgan fingerprint density at radius 1 is 0.566 bits per heavy atom. The minimum Gasteiger partial charge on any atom is -0.462 e. The molecule has 0 fully saturated rings. The van der Waals surface area contributed by atoms with Crippen LogP contribution in [0.2, 0.25) is 0 Å². The lowest BCUT2D eigenvalue weighted by Crippen LogP contribution is -2.29. The van der Waals surface area contributed by atoms with E-state index in [1.54, 1.807) is 0 Å². The molecule has 9 nitrogen and oxygen atoms in total. The Kier molecular flexibility index (Phi) is 36.8. The van der Waals surface area contributed by atoms with Gasteiger partial charge in [-0.25, -0.2) is 4.57 Å². The summed E-state index contributed by atoms with van der Waals surface area (Å²) >= 11 is 0. The summed E-state index contributed by atoms with van der Waals surface area (Å²) in [5, 5.41) is 0. The second kappa shape index (κ2) is 38.9. The molecule has 0 bridgehead atoms. The molecule has 0 saturated heterocycles. The third kappa shape index (κ3) is 38.7. The number of ether oxygens (including phenoxy) is 2. The number of carbonyl (C=O) groups excluding carboxylic acids is 2. The zero-order valence-corrected chi connectivity index (χ0v) is 33.9. The van der Waals surface area contributed by atoms with Gasteiger partial charge in [-0.1, -0.05) is 125 Å². The lowest BCUT2D eigenvalue weighted by Gasteiger charge is -2.19. The van der Waals surface area contributed by atoms with Crippen molar-refractivity contribution < 1.29 is 37.6 Å². The second-order valence-corrected chi connectivity index (χ2v) is 14.2. The fourth-order valence-electron chi connectivity index (χ4n) is 4.75. The van der Waals surface area contributed by atoms with Gasteiger partial charge in [-0.05, 0) is 89.9 Å². The van der Waals surface area contributed by atoms with E-state index in [1.165, 1.54) is 44.9 Å². The molecule has 53 heavy (non-hydrogen) atoms. The summed E-state index contributed by atoms with van der Waals surface area (Å²) in [6, 6.07) is 0. The highest BCUT2D eigenvalue weighted by molar-refractivity contribution is 7.47. The van der Waals surface area contributed by atoms with Crippen LogP contribution < -0.4 is 5.73 Å². The fraction of sp³-hybridized carbons (Fsp3) is 0.628. The average Bonchev–Trinajstić information content (AvgIpc) is 3.14. The van der Waals surface area contributed by atoms with E-state index in [0.29, 0.717) is 19.3 Å². The first kappa shape index (κ1) is 50.2. The predicted octanol–water partition coefficient (Wildman–Crippen LogP) is 11.3. The van der Waals surface area contributed by atoms with Gasteiger partial charge in [0, 0.05) is 19.4 Å². The van der Waals surface area contributed by atoms with Crippen LogP contribution in [-0.4, -0.2) is 49.3 Å². The quantitative estimate of drug-likeness (QED) is 0.0277. The third-order valence-electron chi connectivity index (χ3n) is 7.75. The van der Waals surface area contributed by atoms with Crippen molar-refractivity contribution in [2.75, 3.05) is 26.4 Å². The van der Waals surface area contributed by atoms with E-state index < -0.39 is 32.5 Å². The molecule has 0 aromatic carbocycles. The number of nitrogens with two attached hydrogens (primary N) is 1. The van der Waals surface area contributed by atoms with Gasteiger partial charge in [0.1, 0.15) is 6.61 Å². The predicted molar refractivity (Wildman–Crippen MR) is 219 cm³/mol. The van der Waals surface area contributed by atoms with Gasteiger partial charge >= 0.3 is 19.8 Å². The van der Waals surface area contributed by atoms with E-state index >= 15 is 0 Å². The number of phosphoric ester groups is 1. The van der Waals surface area contributed by atoms with Crippen molar-refractivity contribution in [3.63, 3.8) is 0 Å². The molecule has 0 spiro atoms. The summed E-state index contributed by atoms with van der Waals surface area (Å²) in [5.41, 5.74) is 5.33. The van der Waals surface area contributed by atoms with E-state index in [1.807, 2.05) is 6.08 Å². The molecule has 0 amide bonds. The van der Waals surface area contributed by atoms with Gasteiger partial charge in [-0.15, -0.1) is 0 Å². The van der Waals surface area contributed by atoms with Crippen molar-refractivity contribution in [2.45, 2.75) is 148 Å². The fourth-order valence-corrected chi connectivity index (χ4v) is 5.51. The Morgan fingerprint density at radius 2 is 0.981 bits per heavy atom. The van der Waals surface area contributed by atoms with Crippen molar-refractivity contribution in [3.05, 3.63) is 85.1 Å². The van der Waals surface area contributed by atoms with Crippen LogP contribution in [0.15, 0.2) is 85.1 Å². The van der Waals surface area contributed by atoms with Crippen LogP contribution in [0.25, 0.3) is 0 Å². The van der Waals surface area contributed by atoms with Gasteiger partial charge in [0.15, 0.2) is 6.10 Å².